The molecule has 2 unspecified atom stereocenters. The molecule has 0 spiro atoms. The second-order valence-corrected chi connectivity index (χ2v) is 5.89. The highest BCUT2D eigenvalue weighted by Gasteiger charge is 2.16. The van der Waals surface area contributed by atoms with Gasteiger partial charge in [0.2, 0.25) is 5.91 Å². The van der Waals surface area contributed by atoms with Gasteiger partial charge in [-0.25, -0.2) is 4.39 Å². The van der Waals surface area contributed by atoms with E-state index < -0.39 is 0 Å². The van der Waals surface area contributed by atoms with E-state index in [0.717, 1.165) is 32.3 Å². The third-order valence-electron chi connectivity index (χ3n) is 3.95. The Balaban J connectivity index is 1.89. The van der Waals surface area contributed by atoms with Gasteiger partial charge < -0.3 is 15.4 Å². The number of benzene rings is 1. The quantitative estimate of drug-likeness (QED) is 0.805. The van der Waals surface area contributed by atoms with Gasteiger partial charge in [0, 0.05) is 24.8 Å². The van der Waals surface area contributed by atoms with Crippen molar-refractivity contribution >= 4 is 17.3 Å². The summed E-state index contributed by atoms with van der Waals surface area (Å²) in [7, 11) is 0. The molecule has 2 atom stereocenters. The third-order valence-corrected chi connectivity index (χ3v) is 3.95. The summed E-state index contributed by atoms with van der Waals surface area (Å²) in [6.45, 7) is 5.32. The molecule has 0 aromatic heterocycles. The molecule has 0 radical (unpaired) electrons. The van der Waals surface area contributed by atoms with Crippen LogP contribution in [0.1, 0.15) is 39.5 Å². The normalized spacial score (nSPS) is 19.0. The van der Waals surface area contributed by atoms with Crippen LogP contribution >= 0.6 is 0 Å². The average Bonchev–Trinajstić information content (AvgIpc) is 3.00. The molecule has 1 aromatic carbocycles. The minimum Gasteiger partial charge on any atom is -0.380 e. The maximum absolute atomic E-state index is 14.1. The first-order valence-electron chi connectivity index (χ1n) is 8.06. The monoisotopic (exact) mass is 308 g/mol. The molecular formula is C17H25FN2O2. The van der Waals surface area contributed by atoms with Crippen LogP contribution in [-0.2, 0) is 9.53 Å². The van der Waals surface area contributed by atoms with Crippen molar-refractivity contribution in [2.24, 2.45) is 5.92 Å². The van der Waals surface area contributed by atoms with Gasteiger partial charge in [-0.1, -0.05) is 20.3 Å². The Hall–Kier alpha value is -1.62. The number of hydrogen-bond acceptors (Lipinski definition) is 3. The number of carbonyl (C=O) groups excluding carboxylic acids is 1. The molecule has 0 saturated carbocycles. The zero-order valence-electron chi connectivity index (χ0n) is 13.3. The predicted molar refractivity (Wildman–Crippen MR) is 86.6 cm³/mol. The summed E-state index contributed by atoms with van der Waals surface area (Å²) in [5.74, 6) is -0.495. The van der Waals surface area contributed by atoms with Crippen molar-refractivity contribution < 1.29 is 13.9 Å². The van der Waals surface area contributed by atoms with E-state index in [9.17, 15) is 9.18 Å². The van der Waals surface area contributed by atoms with Crippen LogP contribution in [0.5, 0.6) is 0 Å². The summed E-state index contributed by atoms with van der Waals surface area (Å²) in [5, 5.41) is 5.83. The van der Waals surface area contributed by atoms with Gasteiger partial charge in [0.05, 0.1) is 11.8 Å². The van der Waals surface area contributed by atoms with Crippen molar-refractivity contribution in [3.05, 3.63) is 24.0 Å². The molecule has 1 amide bonds. The van der Waals surface area contributed by atoms with E-state index in [0.29, 0.717) is 17.9 Å². The smallest absolute Gasteiger partial charge is 0.227 e. The van der Waals surface area contributed by atoms with E-state index in [-0.39, 0.29) is 23.7 Å². The lowest BCUT2D eigenvalue weighted by molar-refractivity contribution is -0.119. The lowest BCUT2D eigenvalue weighted by atomic mass is 10.1. The minimum atomic E-state index is -0.362. The molecule has 1 heterocycles. The van der Waals surface area contributed by atoms with Crippen LogP contribution in [0.3, 0.4) is 0 Å². The highest BCUT2D eigenvalue weighted by Crippen LogP contribution is 2.21. The standard InChI is InChI=1S/C17H25FN2O2/c1-3-5-12(2)17(21)20-13-7-8-16(15(18)10-13)19-11-14-6-4-9-22-14/h7-8,10,12,14,19H,3-6,9,11H2,1-2H3,(H,20,21). The van der Waals surface area contributed by atoms with E-state index in [1.165, 1.54) is 6.07 Å². The Morgan fingerprint density at radius 3 is 2.95 bits per heavy atom. The average molecular weight is 308 g/mol. The Morgan fingerprint density at radius 2 is 2.32 bits per heavy atom. The zero-order valence-corrected chi connectivity index (χ0v) is 13.3. The minimum absolute atomic E-state index is 0.0645. The Bertz CT molecular complexity index is 501. The number of anilines is 2. The van der Waals surface area contributed by atoms with Crippen LogP contribution in [0.25, 0.3) is 0 Å². The Morgan fingerprint density at radius 1 is 1.50 bits per heavy atom. The highest BCUT2D eigenvalue weighted by atomic mass is 19.1. The number of amides is 1. The van der Waals surface area contributed by atoms with Gasteiger partial charge in [0.1, 0.15) is 5.82 Å². The largest absolute Gasteiger partial charge is 0.380 e. The van der Waals surface area contributed by atoms with Crippen LogP contribution in [0.2, 0.25) is 0 Å². The van der Waals surface area contributed by atoms with Gasteiger partial charge >= 0.3 is 0 Å². The van der Waals surface area contributed by atoms with Crippen LogP contribution in [-0.4, -0.2) is 25.2 Å². The second-order valence-electron chi connectivity index (χ2n) is 5.89. The molecule has 2 N–H and O–H groups in total. The van der Waals surface area contributed by atoms with Crippen molar-refractivity contribution in [3.63, 3.8) is 0 Å². The number of rotatable bonds is 7. The second kappa shape index (κ2) is 8.13. The fourth-order valence-corrected chi connectivity index (χ4v) is 2.59. The fourth-order valence-electron chi connectivity index (χ4n) is 2.59. The zero-order chi connectivity index (χ0) is 15.9. The first-order chi connectivity index (χ1) is 10.6. The molecule has 4 nitrogen and oxygen atoms in total. The summed E-state index contributed by atoms with van der Waals surface area (Å²) < 4.78 is 19.6. The number of hydrogen-bond donors (Lipinski definition) is 2. The van der Waals surface area contributed by atoms with E-state index >= 15 is 0 Å². The molecule has 0 aliphatic carbocycles. The van der Waals surface area contributed by atoms with Crippen molar-refractivity contribution in [1.82, 2.24) is 0 Å². The first kappa shape index (κ1) is 16.7. The molecule has 1 aliphatic rings. The highest BCUT2D eigenvalue weighted by molar-refractivity contribution is 5.92. The Labute approximate surface area is 131 Å². The number of nitrogens with one attached hydrogen (secondary N) is 2. The number of carbonyl (C=O) groups is 1. The first-order valence-corrected chi connectivity index (χ1v) is 8.06. The van der Waals surface area contributed by atoms with E-state index in [1.54, 1.807) is 12.1 Å². The van der Waals surface area contributed by atoms with E-state index in [2.05, 4.69) is 10.6 Å². The molecule has 1 aromatic rings. The van der Waals surface area contributed by atoms with Gasteiger partial charge in [-0.3, -0.25) is 4.79 Å². The summed E-state index contributed by atoms with van der Waals surface area (Å²) in [5.41, 5.74) is 0.934. The molecule has 0 bridgehead atoms. The molecule has 22 heavy (non-hydrogen) atoms. The summed E-state index contributed by atoms with van der Waals surface area (Å²) in [4.78, 5) is 11.9. The van der Waals surface area contributed by atoms with Gasteiger partial charge in [0.25, 0.3) is 0 Å². The van der Waals surface area contributed by atoms with Crippen LogP contribution in [0.15, 0.2) is 18.2 Å². The van der Waals surface area contributed by atoms with E-state index in [4.69, 9.17) is 4.74 Å². The van der Waals surface area contributed by atoms with Crippen molar-refractivity contribution in [2.45, 2.75) is 45.6 Å². The maximum atomic E-state index is 14.1. The molecule has 1 fully saturated rings. The fraction of sp³-hybridized carbons (Fsp3) is 0.588. The number of ether oxygens (including phenoxy) is 1. The van der Waals surface area contributed by atoms with Gasteiger partial charge in [-0.2, -0.15) is 0 Å². The molecule has 2 rings (SSSR count). The lowest BCUT2D eigenvalue weighted by Gasteiger charge is -2.14. The molecular weight excluding hydrogens is 283 g/mol. The van der Waals surface area contributed by atoms with Crippen molar-refractivity contribution in [3.8, 4) is 0 Å². The van der Waals surface area contributed by atoms with Crippen molar-refractivity contribution in [1.29, 1.82) is 0 Å². The molecule has 122 valence electrons. The van der Waals surface area contributed by atoms with Crippen molar-refractivity contribution in [2.75, 3.05) is 23.8 Å². The van der Waals surface area contributed by atoms with Gasteiger partial charge in [-0.15, -0.1) is 0 Å². The summed E-state index contributed by atoms with van der Waals surface area (Å²) in [6.07, 6.45) is 4.02. The molecule has 1 saturated heterocycles. The predicted octanol–water partition coefficient (Wildman–Crippen LogP) is 3.79. The topological polar surface area (TPSA) is 50.4 Å². The van der Waals surface area contributed by atoms with E-state index in [1.807, 2.05) is 13.8 Å². The van der Waals surface area contributed by atoms with Gasteiger partial charge in [0.15, 0.2) is 0 Å². The molecule has 1 aliphatic heterocycles. The summed E-state index contributed by atoms with van der Waals surface area (Å²) >= 11 is 0. The SMILES string of the molecule is CCCC(C)C(=O)Nc1ccc(NCC2CCCO2)c(F)c1. The maximum Gasteiger partial charge on any atom is 0.227 e. The van der Waals surface area contributed by atoms with Gasteiger partial charge in [-0.05, 0) is 37.5 Å². The van der Waals surface area contributed by atoms with Crippen LogP contribution in [0, 0.1) is 11.7 Å². The van der Waals surface area contributed by atoms with Crippen LogP contribution in [0.4, 0.5) is 15.8 Å². The Kier molecular flexibility index (Phi) is 6.19. The number of halogens is 1. The van der Waals surface area contributed by atoms with Crippen LogP contribution < -0.4 is 10.6 Å². The third kappa shape index (κ3) is 4.70. The molecule has 5 heteroatoms. The summed E-state index contributed by atoms with van der Waals surface area (Å²) in [6, 6.07) is 4.73. The lowest BCUT2D eigenvalue weighted by Crippen LogP contribution is -2.21.